The van der Waals surface area contributed by atoms with Crippen LogP contribution >= 0.6 is 23.4 Å². The molecule has 0 radical (unpaired) electrons. The van der Waals surface area contributed by atoms with Gasteiger partial charge in [0.1, 0.15) is 0 Å². The van der Waals surface area contributed by atoms with Gasteiger partial charge in [-0.3, -0.25) is 0 Å². The lowest BCUT2D eigenvalue weighted by Crippen LogP contribution is -2.15. The predicted octanol–water partition coefficient (Wildman–Crippen LogP) is 4.10. The van der Waals surface area contributed by atoms with Gasteiger partial charge in [-0.05, 0) is 30.9 Å². The summed E-state index contributed by atoms with van der Waals surface area (Å²) in [5.41, 5.74) is -0.0504. The Bertz CT molecular complexity index is 453. The Morgan fingerprint density at radius 3 is 2.94 bits per heavy atom. The molecule has 1 aliphatic carbocycles. The zero-order chi connectivity index (χ0) is 13.1. The van der Waals surface area contributed by atoms with Crippen LogP contribution in [0.15, 0.2) is 17.2 Å². The maximum absolute atomic E-state index is 11.0. The van der Waals surface area contributed by atoms with E-state index in [0.29, 0.717) is 5.25 Å². The van der Waals surface area contributed by atoms with E-state index in [0.717, 1.165) is 10.9 Å². The monoisotopic (exact) mass is 285 g/mol. The van der Waals surface area contributed by atoms with Gasteiger partial charge in [-0.15, -0.1) is 11.8 Å². The fraction of sp³-hybridized carbons (Fsp3) is 0.538. The third-order valence-electron chi connectivity index (χ3n) is 3.20. The van der Waals surface area contributed by atoms with Crippen LogP contribution in [0, 0.1) is 5.92 Å². The topological polar surface area (TPSA) is 50.2 Å². The Morgan fingerprint density at radius 2 is 2.28 bits per heavy atom. The van der Waals surface area contributed by atoms with E-state index < -0.39 is 5.97 Å². The summed E-state index contributed by atoms with van der Waals surface area (Å²) in [6, 6.07) is 3.42. The maximum Gasteiger partial charge on any atom is 0.356 e. The highest BCUT2D eigenvalue weighted by atomic mass is 35.5. The fourth-order valence-corrected chi connectivity index (χ4v) is 3.82. The van der Waals surface area contributed by atoms with E-state index in [9.17, 15) is 4.79 Å². The normalized spacial score (nSPS) is 23.9. The third kappa shape index (κ3) is 3.39. The van der Waals surface area contributed by atoms with E-state index in [-0.39, 0.29) is 10.7 Å². The van der Waals surface area contributed by atoms with Gasteiger partial charge in [-0.25, -0.2) is 9.78 Å². The molecule has 1 N–H and O–H groups in total. The number of thioether (sulfide) groups is 1. The van der Waals surface area contributed by atoms with Crippen molar-refractivity contribution in [2.75, 3.05) is 0 Å². The molecule has 2 rings (SSSR count). The molecule has 0 aromatic carbocycles. The maximum atomic E-state index is 11.0. The van der Waals surface area contributed by atoms with Crippen molar-refractivity contribution in [1.29, 1.82) is 0 Å². The summed E-state index contributed by atoms with van der Waals surface area (Å²) in [6.07, 6.45) is 4.91. The van der Waals surface area contributed by atoms with Crippen LogP contribution in [0.5, 0.6) is 0 Å². The van der Waals surface area contributed by atoms with Crippen LogP contribution in [0.25, 0.3) is 0 Å². The molecular formula is C13H16ClNO2S. The first-order chi connectivity index (χ1) is 8.56. The van der Waals surface area contributed by atoms with Gasteiger partial charge in [-0.2, -0.15) is 0 Å². The third-order valence-corrected chi connectivity index (χ3v) is 4.73. The average Bonchev–Trinajstić information content (AvgIpc) is 2.31. The number of halogens is 1. The van der Waals surface area contributed by atoms with Crippen molar-refractivity contribution in [3.63, 3.8) is 0 Å². The molecule has 0 spiro atoms. The Morgan fingerprint density at radius 1 is 1.50 bits per heavy atom. The summed E-state index contributed by atoms with van der Waals surface area (Å²) in [4.78, 5) is 15.1. The second-order valence-electron chi connectivity index (χ2n) is 4.80. The Labute approximate surface area is 116 Å². The molecule has 1 heterocycles. The van der Waals surface area contributed by atoms with E-state index >= 15 is 0 Å². The van der Waals surface area contributed by atoms with Crippen LogP contribution in [-0.4, -0.2) is 21.3 Å². The summed E-state index contributed by atoms with van der Waals surface area (Å²) >= 11 is 7.48. The number of carbonyl (C=O) groups is 1. The molecule has 1 saturated carbocycles. The van der Waals surface area contributed by atoms with Gasteiger partial charge in [0.2, 0.25) is 0 Å². The number of rotatable bonds is 3. The molecule has 0 aliphatic heterocycles. The molecule has 98 valence electrons. The van der Waals surface area contributed by atoms with Crippen molar-refractivity contribution in [3.8, 4) is 0 Å². The summed E-state index contributed by atoms with van der Waals surface area (Å²) in [5.74, 6) is -0.318. The van der Waals surface area contributed by atoms with Crippen molar-refractivity contribution in [1.82, 2.24) is 4.98 Å². The van der Waals surface area contributed by atoms with Crippen LogP contribution < -0.4 is 0 Å². The molecular weight excluding hydrogens is 270 g/mol. The van der Waals surface area contributed by atoms with E-state index in [1.165, 1.54) is 25.7 Å². The molecule has 0 bridgehead atoms. The van der Waals surface area contributed by atoms with Gasteiger partial charge in [0.05, 0.1) is 10.0 Å². The number of hydrogen-bond acceptors (Lipinski definition) is 3. The number of nitrogens with zero attached hydrogens (tertiary/aromatic N) is 1. The fourth-order valence-electron chi connectivity index (χ4n) is 2.30. The molecule has 2 unspecified atom stereocenters. The number of aromatic nitrogens is 1. The van der Waals surface area contributed by atoms with Crippen molar-refractivity contribution in [3.05, 3.63) is 22.8 Å². The molecule has 3 nitrogen and oxygen atoms in total. The predicted molar refractivity (Wildman–Crippen MR) is 73.5 cm³/mol. The molecule has 1 aromatic heterocycles. The number of carboxylic acid groups (broad SMARTS) is 1. The molecule has 0 amide bonds. The van der Waals surface area contributed by atoms with E-state index in [2.05, 4.69) is 11.9 Å². The van der Waals surface area contributed by atoms with Crippen LogP contribution in [-0.2, 0) is 0 Å². The summed E-state index contributed by atoms with van der Waals surface area (Å²) in [5, 5.41) is 10.5. The first kappa shape index (κ1) is 13.7. The first-order valence-electron chi connectivity index (χ1n) is 6.12. The van der Waals surface area contributed by atoms with Crippen molar-refractivity contribution in [2.24, 2.45) is 5.92 Å². The number of pyridine rings is 1. The summed E-state index contributed by atoms with van der Waals surface area (Å²) in [6.45, 7) is 2.27. The van der Waals surface area contributed by atoms with Crippen molar-refractivity contribution >= 4 is 29.3 Å². The standard InChI is InChI=1S/C13H16ClNO2S/c1-8-3-2-4-9(7-8)18-11-6-5-10(14)12(15-11)13(16)17/h5-6,8-9H,2-4,7H2,1H3,(H,16,17). The summed E-state index contributed by atoms with van der Waals surface area (Å²) < 4.78 is 0. The lowest BCUT2D eigenvalue weighted by atomic mass is 9.91. The summed E-state index contributed by atoms with van der Waals surface area (Å²) in [7, 11) is 0. The lowest BCUT2D eigenvalue weighted by Gasteiger charge is -2.25. The molecule has 5 heteroatoms. The van der Waals surface area contributed by atoms with Gasteiger partial charge in [0, 0.05) is 5.25 Å². The molecule has 0 saturated heterocycles. The highest BCUT2D eigenvalue weighted by molar-refractivity contribution is 7.99. The molecule has 1 aromatic rings. The minimum atomic E-state index is -1.07. The van der Waals surface area contributed by atoms with Crippen LogP contribution in [0.3, 0.4) is 0 Å². The Kier molecular flexibility index (Phi) is 4.51. The molecule has 2 atom stereocenters. The van der Waals surface area contributed by atoms with Gasteiger partial charge in [0.25, 0.3) is 0 Å². The largest absolute Gasteiger partial charge is 0.476 e. The number of hydrogen-bond donors (Lipinski definition) is 1. The zero-order valence-corrected chi connectivity index (χ0v) is 11.8. The second-order valence-corrected chi connectivity index (χ2v) is 6.52. The lowest BCUT2D eigenvalue weighted by molar-refractivity contribution is 0.0690. The van der Waals surface area contributed by atoms with Gasteiger partial charge >= 0.3 is 5.97 Å². The average molecular weight is 286 g/mol. The van der Waals surface area contributed by atoms with Crippen LogP contribution in [0.1, 0.15) is 43.1 Å². The second kappa shape index (κ2) is 5.93. The minimum Gasteiger partial charge on any atom is -0.476 e. The van der Waals surface area contributed by atoms with Crippen LogP contribution in [0.2, 0.25) is 5.02 Å². The smallest absolute Gasteiger partial charge is 0.356 e. The highest BCUT2D eigenvalue weighted by Crippen LogP contribution is 2.35. The van der Waals surface area contributed by atoms with E-state index in [1.807, 2.05) is 0 Å². The van der Waals surface area contributed by atoms with Gasteiger partial charge in [0.15, 0.2) is 5.69 Å². The van der Waals surface area contributed by atoms with Gasteiger partial charge < -0.3 is 5.11 Å². The quantitative estimate of drug-likeness (QED) is 0.908. The number of aromatic carboxylic acids is 1. The highest BCUT2D eigenvalue weighted by Gasteiger charge is 2.21. The van der Waals surface area contributed by atoms with Crippen molar-refractivity contribution < 1.29 is 9.90 Å². The zero-order valence-electron chi connectivity index (χ0n) is 10.2. The Balaban J connectivity index is 2.09. The van der Waals surface area contributed by atoms with E-state index in [4.69, 9.17) is 16.7 Å². The molecule has 18 heavy (non-hydrogen) atoms. The van der Waals surface area contributed by atoms with E-state index in [1.54, 1.807) is 23.9 Å². The first-order valence-corrected chi connectivity index (χ1v) is 7.38. The SMILES string of the molecule is CC1CCCC(Sc2ccc(Cl)c(C(=O)O)n2)C1. The van der Waals surface area contributed by atoms with Crippen molar-refractivity contribution in [2.45, 2.75) is 42.9 Å². The minimum absolute atomic E-state index is 0.0504. The van der Waals surface area contributed by atoms with Gasteiger partial charge in [-0.1, -0.05) is 31.4 Å². The molecule has 1 aliphatic rings. The number of carboxylic acids is 1. The van der Waals surface area contributed by atoms with Crippen LogP contribution in [0.4, 0.5) is 0 Å². The molecule has 1 fully saturated rings. The Hall–Kier alpha value is -0.740.